The van der Waals surface area contributed by atoms with Crippen molar-refractivity contribution in [2.45, 2.75) is 58.3 Å². The minimum atomic E-state index is -1.25. The summed E-state index contributed by atoms with van der Waals surface area (Å²) in [4.78, 5) is 11.7. The second-order valence-corrected chi connectivity index (χ2v) is 12.7. The zero-order chi connectivity index (χ0) is 13.5. The van der Waals surface area contributed by atoms with E-state index in [0.29, 0.717) is 11.6 Å². The molecule has 0 aliphatic heterocycles. The molecule has 1 aliphatic rings. The Balaban J connectivity index is 2.56. The van der Waals surface area contributed by atoms with Crippen LogP contribution in [0.1, 0.15) is 33.6 Å². The predicted octanol–water partition coefficient (Wildman–Crippen LogP) is 4.00. The Morgan fingerprint density at radius 3 is 2.06 bits per heavy atom. The molecule has 0 aromatic rings. The number of carbonyl (C=O) groups excluding carboxylic acids is 1. The van der Waals surface area contributed by atoms with Crippen LogP contribution in [0.25, 0.3) is 0 Å². The maximum atomic E-state index is 11.7. The summed E-state index contributed by atoms with van der Waals surface area (Å²) < 4.78 is 5.37. The Bertz CT molecular complexity index is 327. The van der Waals surface area contributed by atoms with Crippen LogP contribution >= 0.6 is 0 Å². The van der Waals surface area contributed by atoms with Crippen LogP contribution in [0.15, 0.2) is 12.2 Å². The Hall–Kier alpha value is -0.573. The summed E-state index contributed by atoms with van der Waals surface area (Å²) in [6.07, 6.45) is 2.46. The van der Waals surface area contributed by atoms with E-state index < -0.39 is 13.5 Å². The van der Waals surface area contributed by atoms with Crippen molar-refractivity contribution in [1.29, 1.82) is 0 Å². The number of ether oxygens (including phenoxy) is 1. The first-order valence-corrected chi connectivity index (χ1v) is 9.86. The second-order valence-electron chi connectivity index (χ2n) is 7.26. The van der Waals surface area contributed by atoms with E-state index in [1.54, 1.807) is 0 Å². The zero-order valence-electron chi connectivity index (χ0n) is 12.1. The van der Waals surface area contributed by atoms with E-state index in [-0.39, 0.29) is 5.97 Å². The average Bonchev–Trinajstić information content (AvgIpc) is 2.90. The molecule has 1 fully saturated rings. The summed E-state index contributed by atoms with van der Waals surface area (Å²) >= 11 is 0. The quantitative estimate of drug-likeness (QED) is 0.430. The van der Waals surface area contributed by atoms with Crippen LogP contribution in [-0.4, -0.2) is 20.7 Å². The second kappa shape index (κ2) is 4.27. The molecule has 0 atom stereocenters. The van der Waals surface area contributed by atoms with E-state index in [1.165, 1.54) is 12.8 Å². The molecule has 0 N–H and O–H groups in total. The highest BCUT2D eigenvalue weighted by Gasteiger charge is 2.54. The SMILES string of the molecule is C=C(COC(=O)C(C)(C)C)C1([Si](C)(C)C)CC1. The van der Waals surface area contributed by atoms with Gasteiger partial charge in [0, 0.05) is 0 Å². The first-order valence-electron chi connectivity index (χ1n) is 6.36. The highest BCUT2D eigenvalue weighted by molar-refractivity contribution is 6.80. The lowest BCUT2D eigenvalue weighted by molar-refractivity contribution is -0.151. The van der Waals surface area contributed by atoms with Gasteiger partial charge in [0.15, 0.2) is 0 Å². The molecular formula is C14H26O2Si. The third kappa shape index (κ3) is 3.00. The molecule has 1 saturated carbocycles. The lowest BCUT2D eigenvalue weighted by Gasteiger charge is -2.31. The van der Waals surface area contributed by atoms with Crippen molar-refractivity contribution in [2.24, 2.45) is 5.41 Å². The van der Waals surface area contributed by atoms with Gasteiger partial charge >= 0.3 is 5.97 Å². The minimum absolute atomic E-state index is 0.134. The van der Waals surface area contributed by atoms with Crippen LogP contribution in [0.4, 0.5) is 0 Å². The first-order chi connectivity index (χ1) is 7.51. The standard InChI is InChI=1S/C14H26O2Si/c1-11(10-16-12(15)13(2,3)4)14(8-9-14)17(5,6)7/h1,8-10H2,2-7H3. The molecule has 0 aromatic heterocycles. The van der Waals surface area contributed by atoms with Gasteiger partial charge < -0.3 is 4.74 Å². The molecule has 3 heteroatoms. The van der Waals surface area contributed by atoms with Crippen molar-refractivity contribution in [3.8, 4) is 0 Å². The molecule has 98 valence electrons. The Morgan fingerprint density at radius 1 is 1.29 bits per heavy atom. The molecule has 2 nitrogen and oxygen atoms in total. The van der Waals surface area contributed by atoms with E-state index in [2.05, 4.69) is 26.2 Å². The zero-order valence-corrected chi connectivity index (χ0v) is 13.1. The maximum Gasteiger partial charge on any atom is 0.311 e. The van der Waals surface area contributed by atoms with Crippen LogP contribution in [0.5, 0.6) is 0 Å². The fourth-order valence-corrected chi connectivity index (χ4v) is 5.02. The van der Waals surface area contributed by atoms with Gasteiger partial charge in [-0.1, -0.05) is 26.2 Å². The average molecular weight is 254 g/mol. The van der Waals surface area contributed by atoms with Gasteiger partial charge in [-0.2, -0.15) is 0 Å². The number of carbonyl (C=O) groups is 1. The third-order valence-corrected chi connectivity index (χ3v) is 7.58. The van der Waals surface area contributed by atoms with Crippen molar-refractivity contribution in [2.75, 3.05) is 6.61 Å². The van der Waals surface area contributed by atoms with Crippen molar-refractivity contribution in [3.63, 3.8) is 0 Å². The normalized spacial score (nSPS) is 18.7. The predicted molar refractivity (Wildman–Crippen MR) is 74.8 cm³/mol. The lowest BCUT2D eigenvalue weighted by atomic mass is 9.97. The fraction of sp³-hybridized carbons (Fsp3) is 0.786. The number of hydrogen-bond acceptors (Lipinski definition) is 2. The van der Waals surface area contributed by atoms with Crippen LogP contribution in [0.3, 0.4) is 0 Å². The van der Waals surface area contributed by atoms with Crippen LogP contribution in [-0.2, 0) is 9.53 Å². The largest absolute Gasteiger partial charge is 0.461 e. The monoisotopic (exact) mass is 254 g/mol. The lowest BCUT2D eigenvalue weighted by Crippen LogP contribution is -2.33. The van der Waals surface area contributed by atoms with Gasteiger partial charge in [0.1, 0.15) is 6.61 Å². The molecule has 0 radical (unpaired) electrons. The van der Waals surface area contributed by atoms with Gasteiger partial charge in [0.25, 0.3) is 0 Å². The maximum absolute atomic E-state index is 11.7. The van der Waals surface area contributed by atoms with E-state index >= 15 is 0 Å². The van der Waals surface area contributed by atoms with E-state index in [0.717, 1.165) is 5.57 Å². The van der Waals surface area contributed by atoms with Crippen molar-refractivity contribution < 1.29 is 9.53 Å². The molecule has 1 aliphatic carbocycles. The van der Waals surface area contributed by atoms with E-state index in [1.807, 2.05) is 20.8 Å². The molecule has 0 unspecified atom stereocenters. The molecule has 1 rings (SSSR count). The smallest absolute Gasteiger partial charge is 0.311 e. The summed E-state index contributed by atoms with van der Waals surface area (Å²) in [7, 11) is -1.25. The Morgan fingerprint density at radius 2 is 1.76 bits per heavy atom. The molecule has 0 spiro atoms. The van der Waals surface area contributed by atoms with Gasteiger partial charge in [-0.25, -0.2) is 0 Å². The molecule has 0 aromatic carbocycles. The Labute approximate surface area is 106 Å². The fourth-order valence-electron chi connectivity index (χ4n) is 2.27. The number of rotatable bonds is 4. The molecule has 0 saturated heterocycles. The van der Waals surface area contributed by atoms with Gasteiger partial charge in [-0.05, 0) is 44.2 Å². The summed E-state index contributed by atoms with van der Waals surface area (Å²) in [6, 6.07) is 0. The van der Waals surface area contributed by atoms with Gasteiger partial charge in [-0.3, -0.25) is 4.79 Å². The first kappa shape index (κ1) is 14.5. The topological polar surface area (TPSA) is 26.3 Å². The molecule has 0 heterocycles. The molecule has 17 heavy (non-hydrogen) atoms. The van der Waals surface area contributed by atoms with Gasteiger partial charge in [0.2, 0.25) is 0 Å². The highest BCUT2D eigenvalue weighted by atomic mass is 28.3. The van der Waals surface area contributed by atoms with Crippen LogP contribution < -0.4 is 0 Å². The van der Waals surface area contributed by atoms with Gasteiger partial charge in [0.05, 0.1) is 13.5 Å². The summed E-state index contributed by atoms with van der Waals surface area (Å²) in [5.74, 6) is -0.134. The number of hydrogen-bond donors (Lipinski definition) is 0. The van der Waals surface area contributed by atoms with Gasteiger partial charge in [-0.15, -0.1) is 0 Å². The van der Waals surface area contributed by atoms with Crippen molar-refractivity contribution in [3.05, 3.63) is 12.2 Å². The summed E-state index contributed by atoms with van der Waals surface area (Å²) in [5, 5.41) is 0.325. The third-order valence-electron chi connectivity index (χ3n) is 3.85. The Kier molecular flexibility index (Phi) is 3.64. The molecule has 0 bridgehead atoms. The molecular weight excluding hydrogens is 228 g/mol. The summed E-state index contributed by atoms with van der Waals surface area (Å²) in [6.45, 7) is 17.3. The summed E-state index contributed by atoms with van der Waals surface area (Å²) in [5.41, 5.74) is 0.713. The van der Waals surface area contributed by atoms with E-state index in [4.69, 9.17) is 4.74 Å². The van der Waals surface area contributed by atoms with E-state index in [9.17, 15) is 4.79 Å². The minimum Gasteiger partial charge on any atom is -0.461 e. The highest BCUT2D eigenvalue weighted by Crippen LogP contribution is 2.65. The van der Waals surface area contributed by atoms with Crippen LogP contribution in [0, 0.1) is 5.41 Å². The van der Waals surface area contributed by atoms with Crippen LogP contribution in [0.2, 0.25) is 24.7 Å². The van der Waals surface area contributed by atoms with Crippen molar-refractivity contribution >= 4 is 14.0 Å². The molecule has 0 amide bonds. The number of esters is 1. The van der Waals surface area contributed by atoms with Crippen molar-refractivity contribution in [1.82, 2.24) is 0 Å².